The monoisotopic (exact) mass is 314 g/mol. The van der Waals surface area contributed by atoms with Gasteiger partial charge in [0.15, 0.2) is 0 Å². The van der Waals surface area contributed by atoms with E-state index < -0.39 is 0 Å². The van der Waals surface area contributed by atoms with Crippen LogP contribution in [0.15, 0.2) is 29.1 Å². The van der Waals surface area contributed by atoms with Crippen LogP contribution in [0.5, 0.6) is 0 Å². The molecule has 2 aromatic rings. The minimum atomic E-state index is -0.104. The maximum Gasteiger partial charge on any atom is 0.253 e. The summed E-state index contributed by atoms with van der Waals surface area (Å²) in [5, 5.41) is 1.01. The Kier molecular flexibility index (Phi) is 5.97. The number of fused-ring (bicyclic) bond motifs is 1. The summed E-state index contributed by atoms with van der Waals surface area (Å²) in [6.45, 7) is 7.23. The van der Waals surface area contributed by atoms with Crippen molar-refractivity contribution in [1.29, 1.82) is 0 Å². The molecule has 1 heterocycles. The number of aryl methyl sites for hydroxylation is 1. The van der Waals surface area contributed by atoms with Gasteiger partial charge in [-0.2, -0.15) is 0 Å². The molecular formula is C19H26N2O2. The number of hydrogen-bond donors (Lipinski definition) is 1. The minimum absolute atomic E-state index is 0.104. The second-order valence-corrected chi connectivity index (χ2v) is 6.13. The van der Waals surface area contributed by atoms with E-state index >= 15 is 0 Å². The number of H-pyrrole nitrogens is 1. The molecule has 1 N–H and O–H groups in total. The van der Waals surface area contributed by atoms with Crippen molar-refractivity contribution in [3.63, 3.8) is 0 Å². The molecule has 0 spiro atoms. The summed E-state index contributed by atoms with van der Waals surface area (Å²) in [7, 11) is 0. The van der Waals surface area contributed by atoms with Crippen molar-refractivity contribution < 1.29 is 4.79 Å². The van der Waals surface area contributed by atoms with Crippen LogP contribution in [-0.4, -0.2) is 22.3 Å². The number of unbranched alkanes of at least 4 members (excludes halogenated alkanes) is 1. The van der Waals surface area contributed by atoms with Gasteiger partial charge in [0.1, 0.15) is 0 Å². The Morgan fingerprint density at radius 1 is 1.17 bits per heavy atom. The first-order valence-corrected chi connectivity index (χ1v) is 8.45. The van der Waals surface area contributed by atoms with Gasteiger partial charge in [-0.25, -0.2) is 0 Å². The number of carbonyl (C=O) groups is 1. The standard InChI is InChI=1S/C19H26N2O2/c1-4-6-10-21(18(22)7-5-2)13-16-12-15-11-14(3)8-9-17(15)20-19(16)23/h8-9,11-12H,4-7,10,13H2,1-3H3,(H,20,23). The van der Waals surface area contributed by atoms with Gasteiger partial charge < -0.3 is 9.88 Å². The molecule has 0 bridgehead atoms. The highest BCUT2D eigenvalue weighted by molar-refractivity contribution is 5.80. The summed E-state index contributed by atoms with van der Waals surface area (Å²) in [5.74, 6) is 0.129. The van der Waals surface area contributed by atoms with Crippen LogP contribution in [0.4, 0.5) is 0 Å². The second-order valence-electron chi connectivity index (χ2n) is 6.13. The lowest BCUT2D eigenvalue weighted by Gasteiger charge is -2.22. The molecule has 2 rings (SSSR count). The Morgan fingerprint density at radius 3 is 2.65 bits per heavy atom. The minimum Gasteiger partial charge on any atom is -0.338 e. The molecule has 124 valence electrons. The van der Waals surface area contributed by atoms with Crippen LogP contribution in [-0.2, 0) is 11.3 Å². The highest BCUT2D eigenvalue weighted by Crippen LogP contribution is 2.15. The maximum absolute atomic E-state index is 12.3. The molecule has 0 aliphatic heterocycles. The molecule has 0 aliphatic rings. The quantitative estimate of drug-likeness (QED) is 0.846. The number of amides is 1. The lowest BCUT2D eigenvalue weighted by Crippen LogP contribution is -2.33. The first-order valence-electron chi connectivity index (χ1n) is 8.45. The van der Waals surface area contributed by atoms with Gasteiger partial charge in [0.05, 0.1) is 6.54 Å². The smallest absolute Gasteiger partial charge is 0.253 e. The SMILES string of the molecule is CCCCN(Cc1cc2cc(C)ccc2[nH]c1=O)C(=O)CCC. The summed E-state index contributed by atoms with van der Waals surface area (Å²) in [4.78, 5) is 29.4. The average Bonchev–Trinajstić information content (AvgIpc) is 2.52. The number of aromatic nitrogens is 1. The van der Waals surface area contributed by atoms with Crippen LogP contribution in [0.25, 0.3) is 10.9 Å². The Morgan fingerprint density at radius 2 is 1.96 bits per heavy atom. The lowest BCUT2D eigenvalue weighted by molar-refractivity contribution is -0.131. The summed E-state index contributed by atoms with van der Waals surface area (Å²) in [6, 6.07) is 7.88. The van der Waals surface area contributed by atoms with Crippen molar-refractivity contribution in [3.8, 4) is 0 Å². The van der Waals surface area contributed by atoms with Crippen LogP contribution in [0.1, 0.15) is 50.7 Å². The van der Waals surface area contributed by atoms with E-state index in [0.717, 1.165) is 35.7 Å². The van der Waals surface area contributed by atoms with Gasteiger partial charge in [0.2, 0.25) is 5.91 Å². The fraction of sp³-hybridized carbons (Fsp3) is 0.474. The number of aromatic amines is 1. The molecule has 4 nitrogen and oxygen atoms in total. The molecule has 0 saturated heterocycles. The molecule has 23 heavy (non-hydrogen) atoms. The number of nitrogens with zero attached hydrogens (tertiary/aromatic N) is 1. The Bertz CT molecular complexity index is 734. The number of rotatable bonds is 7. The molecular weight excluding hydrogens is 288 g/mol. The van der Waals surface area contributed by atoms with Crippen molar-refractivity contribution in [2.24, 2.45) is 0 Å². The molecule has 0 atom stereocenters. The number of carbonyl (C=O) groups excluding carboxylic acids is 1. The second kappa shape index (κ2) is 7.95. The van der Waals surface area contributed by atoms with Gasteiger partial charge in [0, 0.05) is 24.0 Å². The van der Waals surface area contributed by atoms with Gasteiger partial charge in [-0.05, 0) is 43.4 Å². The van der Waals surface area contributed by atoms with Gasteiger partial charge in [-0.1, -0.05) is 31.9 Å². The van der Waals surface area contributed by atoms with E-state index in [4.69, 9.17) is 0 Å². The fourth-order valence-corrected chi connectivity index (χ4v) is 2.71. The predicted octanol–water partition coefficient (Wildman–Crippen LogP) is 3.77. The third kappa shape index (κ3) is 4.44. The Balaban J connectivity index is 2.30. The largest absolute Gasteiger partial charge is 0.338 e. The van der Waals surface area contributed by atoms with Crippen LogP contribution in [0, 0.1) is 6.92 Å². The van der Waals surface area contributed by atoms with E-state index in [9.17, 15) is 9.59 Å². The third-order valence-corrected chi connectivity index (χ3v) is 4.04. The van der Waals surface area contributed by atoms with Crippen molar-refractivity contribution >= 4 is 16.8 Å². The molecule has 1 aromatic carbocycles. The predicted molar refractivity (Wildman–Crippen MR) is 94.5 cm³/mol. The molecule has 4 heteroatoms. The van der Waals surface area contributed by atoms with E-state index in [2.05, 4.69) is 18.0 Å². The fourth-order valence-electron chi connectivity index (χ4n) is 2.71. The normalized spacial score (nSPS) is 10.9. The average molecular weight is 314 g/mol. The molecule has 0 aliphatic carbocycles. The summed E-state index contributed by atoms with van der Waals surface area (Å²) < 4.78 is 0. The number of pyridine rings is 1. The van der Waals surface area contributed by atoms with Crippen LogP contribution < -0.4 is 5.56 Å². The van der Waals surface area contributed by atoms with E-state index in [1.807, 2.05) is 36.9 Å². The van der Waals surface area contributed by atoms with Gasteiger partial charge in [0.25, 0.3) is 5.56 Å². The van der Waals surface area contributed by atoms with E-state index in [1.165, 1.54) is 0 Å². The molecule has 1 aromatic heterocycles. The lowest BCUT2D eigenvalue weighted by atomic mass is 10.1. The van der Waals surface area contributed by atoms with Crippen LogP contribution in [0.2, 0.25) is 0 Å². The van der Waals surface area contributed by atoms with Crippen LogP contribution in [0.3, 0.4) is 0 Å². The van der Waals surface area contributed by atoms with Gasteiger partial charge >= 0.3 is 0 Å². The molecule has 1 amide bonds. The molecule has 0 saturated carbocycles. The van der Waals surface area contributed by atoms with Crippen molar-refractivity contribution in [3.05, 3.63) is 45.7 Å². The summed E-state index contributed by atoms with van der Waals surface area (Å²) in [5.41, 5.74) is 2.54. The Labute approximate surface area is 137 Å². The molecule has 0 unspecified atom stereocenters. The number of nitrogens with one attached hydrogen (secondary N) is 1. The Hall–Kier alpha value is -2.10. The van der Waals surface area contributed by atoms with Crippen molar-refractivity contribution in [2.45, 2.75) is 53.0 Å². The summed E-state index contributed by atoms with van der Waals surface area (Å²) in [6.07, 6.45) is 3.35. The van der Waals surface area contributed by atoms with Crippen LogP contribution >= 0.6 is 0 Å². The van der Waals surface area contributed by atoms with Crippen molar-refractivity contribution in [2.75, 3.05) is 6.54 Å². The summed E-state index contributed by atoms with van der Waals surface area (Å²) >= 11 is 0. The first kappa shape index (κ1) is 17.3. The number of hydrogen-bond acceptors (Lipinski definition) is 2. The first-order chi connectivity index (χ1) is 11.0. The van der Waals surface area contributed by atoms with E-state index in [-0.39, 0.29) is 11.5 Å². The zero-order valence-corrected chi connectivity index (χ0v) is 14.3. The van der Waals surface area contributed by atoms with Gasteiger partial charge in [-0.15, -0.1) is 0 Å². The molecule has 0 radical (unpaired) electrons. The zero-order valence-electron chi connectivity index (χ0n) is 14.3. The zero-order chi connectivity index (χ0) is 16.8. The topological polar surface area (TPSA) is 53.2 Å². The number of benzene rings is 1. The highest BCUT2D eigenvalue weighted by Gasteiger charge is 2.15. The van der Waals surface area contributed by atoms with E-state index in [0.29, 0.717) is 25.1 Å². The van der Waals surface area contributed by atoms with Gasteiger partial charge in [-0.3, -0.25) is 9.59 Å². The highest BCUT2D eigenvalue weighted by atomic mass is 16.2. The van der Waals surface area contributed by atoms with E-state index in [1.54, 1.807) is 0 Å². The third-order valence-electron chi connectivity index (χ3n) is 4.04. The molecule has 0 fully saturated rings. The van der Waals surface area contributed by atoms with Crippen molar-refractivity contribution in [1.82, 2.24) is 9.88 Å². The maximum atomic E-state index is 12.3.